The van der Waals surface area contributed by atoms with Crippen molar-refractivity contribution in [3.05, 3.63) is 23.5 Å². The van der Waals surface area contributed by atoms with E-state index in [4.69, 9.17) is 5.73 Å². The minimum atomic E-state index is 0.270. The predicted molar refractivity (Wildman–Crippen MR) is 83.8 cm³/mol. The molecule has 0 saturated carbocycles. The van der Waals surface area contributed by atoms with E-state index in [1.165, 1.54) is 62.6 Å². The van der Waals surface area contributed by atoms with Gasteiger partial charge in [-0.15, -0.1) is 0 Å². The number of aromatic nitrogens is 1. The highest BCUT2D eigenvalue weighted by Crippen LogP contribution is 2.28. The molecule has 0 spiro atoms. The Bertz CT molecular complexity index is 437. The number of nitrogens with zero attached hydrogens (tertiary/aromatic N) is 2. The first-order chi connectivity index (χ1) is 9.74. The summed E-state index contributed by atoms with van der Waals surface area (Å²) in [7, 11) is 2.28. The van der Waals surface area contributed by atoms with E-state index in [1.54, 1.807) is 0 Å². The van der Waals surface area contributed by atoms with Gasteiger partial charge in [-0.25, -0.2) is 0 Å². The molecule has 112 valence electrons. The van der Waals surface area contributed by atoms with Crippen molar-refractivity contribution < 1.29 is 0 Å². The Morgan fingerprint density at radius 2 is 2.00 bits per heavy atom. The maximum atomic E-state index is 6.30. The lowest BCUT2D eigenvalue weighted by atomic mass is 10.0. The monoisotopic (exact) mass is 275 g/mol. The van der Waals surface area contributed by atoms with E-state index in [0.29, 0.717) is 0 Å². The van der Waals surface area contributed by atoms with Crippen LogP contribution in [0.5, 0.6) is 0 Å². The van der Waals surface area contributed by atoms with Gasteiger partial charge in [0.15, 0.2) is 0 Å². The summed E-state index contributed by atoms with van der Waals surface area (Å²) < 4.78 is 2.40. The van der Waals surface area contributed by atoms with Crippen molar-refractivity contribution in [3.63, 3.8) is 0 Å². The predicted octanol–water partition coefficient (Wildman–Crippen LogP) is 3.09. The molecule has 0 amide bonds. The van der Waals surface area contributed by atoms with E-state index in [9.17, 15) is 0 Å². The first-order valence-electron chi connectivity index (χ1n) is 8.38. The van der Waals surface area contributed by atoms with Gasteiger partial charge >= 0.3 is 0 Å². The van der Waals surface area contributed by atoms with Gasteiger partial charge in [-0.1, -0.05) is 12.8 Å². The van der Waals surface area contributed by atoms with E-state index in [2.05, 4.69) is 28.9 Å². The van der Waals surface area contributed by atoms with Crippen LogP contribution in [0.4, 0.5) is 0 Å². The third-order valence-corrected chi connectivity index (χ3v) is 5.25. The number of fused-ring (bicyclic) bond motifs is 1. The normalized spacial score (nSPS) is 28.1. The molecule has 1 fully saturated rings. The van der Waals surface area contributed by atoms with Crippen LogP contribution in [-0.4, -0.2) is 29.1 Å². The Balaban J connectivity index is 1.62. The highest BCUT2D eigenvalue weighted by atomic mass is 15.1. The summed E-state index contributed by atoms with van der Waals surface area (Å²) in [6.07, 6.45) is 15.1. The van der Waals surface area contributed by atoms with Crippen LogP contribution in [0.15, 0.2) is 12.4 Å². The van der Waals surface area contributed by atoms with Crippen LogP contribution >= 0.6 is 0 Å². The van der Waals surface area contributed by atoms with Crippen molar-refractivity contribution in [2.45, 2.75) is 70.0 Å². The summed E-state index contributed by atoms with van der Waals surface area (Å²) in [6, 6.07) is 1.05. The molecule has 2 atom stereocenters. The fourth-order valence-corrected chi connectivity index (χ4v) is 3.89. The van der Waals surface area contributed by atoms with E-state index in [-0.39, 0.29) is 6.04 Å². The second-order valence-corrected chi connectivity index (χ2v) is 6.75. The molecule has 3 heteroatoms. The summed E-state index contributed by atoms with van der Waals surface area (Å²) in [5.41, 5.74) is 9.22. The zero-order valence-electron chi connectivity index (χ0n) is 12.9. The number of likely N-dealkylation sites (tertiary alicyclic amines) is 1. The van der Waals surface area contributed by atoms with Gasteiger partial charge in [-0.05, 0) is 63.2 Å². The molecule has 1 aliphatic carbocycles. The Hall–Kier alpha value is -0.800. The van der Waals surface area contributed by atoms with E-state index < -0.39 is 0 Å². The van der Waals surface area contributed by atoms with Crippen molar-refractivity contribution in [2.24, 2.45) is 5.73 Å². The van der Waals surface area contributed by atoms with Gasteiger partial charge < -0.3 is 15.2 Å². The molecule has 1 saturated heterocycles. The lowest BCUT2D eigenvalue weighted by Gasteiger charge is -2.32. The lowest BCUT2D eigenvalue weighted by molar-refractivity contribution is 0.171. The molecule has 1 aromatic rings. The molecule has 2 N–H and O–H groups in total. The Labute approximate surface area is 123 Å². The minimum absolute atomic E-state index is 0.270. The topological polar surface area (TPSA) is 34.2 Å². The van der Waals surface area contributed by atoms with Crippen molar-refractivity contribution >= 4 is 0 Å². The molecule has 0 aromatic carbocycles. The number of hydrogen-bond acceptors (Lipinski definition) is 2. The Kier molecular flexibility index (Phi) is 4.47. The van der Waals surface area contributed by atoms with E-state index >= 15 is 0 Å². The third-order valence-electron chi connectivity index (χ3n) is 5.25. The molecule has 0 bridgehead atoms. The maximum absolute atomic E-state index is 6.30. The second-order valence-electron chi connectivity index (χ2n) is 6.75. The number of piperidine rings is 1. The number of rotatable bonds is 3. The van der Waals surface area contributed by atoms with Crippen LogP contribution in [0.2, 0.25) is 0 Å². The molecule has 2 unspecified atom stereocenters. The molecule has 3 rings (SSSR count). The number of hydrogen-bond donors (Lipinski definition) is 1. The van der Waals surface area contributed by atoms with Crippen molar-refractivity contribution in [1.82, 2.24) is 9.47 Å². The average molecular weight is 275 g/mol. The molecular weight excluding hydrogens is 246 g/mol. The molecule has 0 radical (unpaired) electrons. The molecular formula is C17H29N3. The quantitative estimate of drug-likeness (QED) is 0.860. The molecule has 1 aromatic heterocycles. The summed E-state index contributed by atoms with van der Waals surface area (Å²) >= 11 is 0. The standard InChI is InChI=1S/C17H29N3/c1-19-10-5-4-7-15(19)9-11-20-12-14-6-2-3-8-17(18)16(14)13-20/h12-13,15,17H,2-11,18H2,1H3. The second kappa shape index (κ2) is 6.31. The fourth-order valence-electron chi connectivity index (χ4n) is 3.89. The van der Waals surface area contributed by atoms with Crippen molar-refractivity contribution in [2.75, 3.05) is 13.6 Å². The highest BCUT2D eigenvalue weighted by Gasteiger charge is 2.20. The summed E-state index contributed by atoms with van der Waals surface area (Å²) in [5, 5.41) is 0. The Morgan fingerprint density at radius 3 is 2.85 bits per heavy atom. The first-order valence-corrected chi connectivity index (χ1v) is 8.38. The lowest BCUT2D eigenvalue weighted by Crippen LogP contribution is -2.36. The van der Waals surface area contributed by atoms with Gasteiger partial charge in [0.1, 0.15) is 0 Å². The zero-order valence-corrected chi connectivity index (χ0v) is 12.9. The van der Waals surface area contributed by atoms with Crippen LogP contribution in [0, 0.1) is 0 Å². The first kappa shape index (κ1) is 14.2. The maximum Gasteiger partial charge on any atom is 0.0312 e. The molecule has 2 heterocycles. The highest BCUT2D eigenvalue weighted by molar-refractivity contribution is 5.28. The van der Waals surface area contributed by atoms with Gasteiger partial charge in [0.2, 0.25) is 0 Å². The molecule has 1 aliphatic heterocycles. The molecule has 20 heavy (non-hydrogen) atoms. The fraction of sp³-hybridized carbons (Fsp3) is 0.765. The van der Waals surface area contributed by atoms with Gasteiger partial charge in [0.05, 0.1) is 0 Å². The number of aryl methyl sites for hydroxylation is 2. The third kappa shape index (κ3) is 3.09. The van der Waals surface area contributed by atoms with Crippen molar-refractivity contribution in [1.29, 1.82) is 0 Å². The summed E-state index contributed by atoms with van der Waals surface area (Å²) in [4.78, 5) is 2.55. The van der Waals surface area contributed by atoms with Gasteiger partial charge in [0.25, 0.3) is 0 Å². The Morgan fingerprint density at radius 1 is 1.15 bits per heavy atom. The summed E-state index contributed by atoms with van der Waals surface area (Å²) in [5.74, 6) is 0. The SMILES string of the molecule is CN1CCCCC1CCn1cc2c(c1)C(N)CCCC2. The van der Waals surface area contributed by atoms with Crippen LogP contribution in [-0.2, 0) is 13.0 Å². The molecule has 3 nitrogen and oxygen atoms in total. The average Bonchev–Trinajstić information content (AvgIpc) is 2.78. The van der Waals surface area contributed by atoms with E-state index in [1.807, 2.05) is 0 Å². The van der Waals surface area contributed by atoms with Crippen LogP contribution < -0.4 is 5.73 Å². The van der Waals surface area contributed by atoms with Crippen LogP contribution in [0.25, 0.3) is 0 Å². The minimum Gasteiger partial charge on any atom is -0.354 e. The number of nitrogens with two attached hydrogens (primary N) is 1. The van der Waals surface area contributed by atoms with Gasteiger partial charge in [-0.2, -0.15) is 0 Å². The van der Waals surface area contributed by atoms with Crippen molar-refractivity contribution in [3.8, 4) is 0 Å². The largest absolute Gasteiger partial charge is 0.354 e. The van der Waals surface area contributed by atoms with Gasteiger partial charge in [0, 0.05) is 31.0 Å². The zero-order chi connectivity index (χ0) is 13.9. The van der Waals surface area contributed by atoms with Crippen LogP contribution in [0.1, 0.15) is 62.1 Å². The van der Waals surface area contributed by atoms with Gasteiger partial charge in [-0.3, -0.25) is 0 Å². The summed E-state index contributed by atoms with van der Waals surface area (Å²) in [6.45, 7) is 2.42. The molecule has 2 aliphatic rings. The van der Waals surface area contributed by atoms with E-state index in [0.717, 1.165) is 19.0 Å². The smallest absolute Gasteiger partial charge is 0.0312 e. The van der Waals surface area contributed by atoms with Crippen LogP contribution in [0.3, 0.4) is 0 Å².